The number of hydrogen-bond acceptors (Lipinski definition) is 5. The highest BCUT2D eigenvalue weighted by Crippen LogP contribution is 2.40. The first-order chi connectivity index (χ1) is 14.4. The van der Waals surface area contributed by atoms with Crippen molar-refractivity contribution in [2.45, 2.75) is 26.1 Å². The Balaban J connectivity index is 1.98. The Hall–Kier alpha value is -3.05. The molecule has 3 rings (SSSR count). The molecule has 13 heteroatoms. The Bertz CT molecular complexity index is 1140. The largest absolute Gasteiger partial charge is 0.437 e. The van der Waals surface area contributed by atoms with Crippen LogP contribution in [0.2, 0.25) is 10.0 Å². The van der Waals surface area contributed by atoms with Crippen molar-refractivity contribution in [2.75, 3.05) is 5.01 Å². The lowest BCUT2D eigenvalue weighted by atomic mass is 10.2. The Morgan fingerprint density at radius 3 is 2.32 bits per heavy atom. The number of halogens is 5. The molecule has 0 unspecified atom stereocenters. The molecule has 1 aliphatic heterocycles. The summed E-state index contributed by atoms with van der Waals surface area (Å²) in [6, 6.07) is 3.63. The zero-order chi connectivity index (χ0) is 23.1. The Morgan fingerprint density at radius 1 is 1.16 bits per heavy atom. The van der Waals surface area contributed by atoms with Crippen molar-refractivity contribution in [1.82, 2.24) is 15.1 Å². The molecule has 0 atom stereocenters. The van der Waals surface area contributed by atoms with Crippen molar-refractivity contribution in [2.24, 2.45) is 5.10 Å². The van der Waals surface area contributed by atoms with Crippen molar-refractivity contribution in [3.8, 4) is 11.6 Å². The summed E-state index contributed by atoms with van der Waals surface area (Å²) >= 11 is 12.4. The van der Waals surface area contributed by atoms with Gasteiger partial charge in [0.15, 0.2) is 11.5 Å². The molecule has 164 valence electrons. The molecule has 2 heterocycles. The van der Waals surface area contributed by atoms with Gasteiger partial charge in [-0.05, 0) is 26.0 Å². The first-order valence-electron chi connectivity index (χ1n) is 8.61. The van der Waals surface area contributed by atoms with Gasteiger partial charge in [0.2, 0.25) is 5.88 Å². The first kappa shape index (κ1) is 22.6. The van der Waals surface area contributed by atoms with E-state index in [0.717, 1.165) is 12.1 Å². The molecule has 0 bridgehead atoms. The van der Waals surface area contributed by atoms with Gasteiger partial charge in [-0.2, -0.15) is 23.3 Å². The molecule has 2 aromatic rings. The van der Waals surface area contributed by atoms with E-state index in [1.165, 1.54) is 16.8 Å². The number of hydrogen-bond donors (Lipinski definition) is 1. The summed E-state index contributed by atoms with van der Waals surface area (Å²) in [4.78, 5) is 23.9. The number of ether oxygens (including phenoxy) is 1. The number of alkyl halides is 3. The van der Waals surface area contributed by atoms with Crippen LogP contribution in [-0.2, 0) is 0 Å². The normalized spacial score (nSPS) is 14.6. The monoisotopic (exact) mass is 475 g/mol. The number of anilines is 1. The molecular formula is C18H14Cl2F3N5O3. The van der Waals surface area contributed by atoms with Crippen molar-refractivity contribution >= 4 is 40.6 Å². The number of carbonyl (C=O) groups is 1. The van der Waals surface area contributed by atoms with Crippen LogP contribution in [0.4, 0.5) is 23.7 Å². The Kier molecular flexibility index (Phi) is 6.01. The number of allylic oxidation sites excluding steroid dienone is 1. The van der Waals surface area contributed by atoms with E-state index in [1.54, 1.807) is 13.8 Å². The second-order valence-electron chi connectivity index (χ2n) is 6.56. The van der Waals surface area contributed by atoms with Crippen LogP contribution in [0.15, 0.2) is 46.4 Å². The van der Waals surface area contributed by atoms with Gasteiger partial charge in [0.1, 0.15) is 0 Å². The minimum Gasteiger partial charge on any atom is -0.434 e. The molecule has 0 radical (unpaired) electrons. The van der Waals surface area contributed by atoms with E-state index in [0.29, 0.717) is 5.01 Å². The highest BCUT2D eigenvalue weighted by Gasteiger charge is 2.42. The molecule has 8 nitrogen and oxygen atoms in total. The number of nitrogens with zero attached hydrogens (tertiary/aromatic N) is 4. The lowest BCUT2D eigenvalue weighted by molar-refractivity contribution is -0.0587. The highest BCUT2D eigenvalue weighted by atomic mass is 35.5. The smallest absolute Gasteiger partial charge is 0.434 e. The summed E-state index contributed by atoms with van der Waals surface area (Å²) in [6.45, 7) is 6.65. The number of aromatic nitrogens is 2. The molecule has 0 fully saturated rings. The molecule has 31 heavy (non-hydrogen) atoms. The average Bonchev–Trinajstić information content (AvgIpc) is 2.64. The third kappa shape index (κ3) is 4.67. The number of nitrogens with one attached hydrogen (secondary N) is 1. The van der Waals surface area contributed by atoms with Gasteiger partial charge in [-0.1, -0.05) is 29.8 Å². The maximum absolute atomic E-state index is 13.1. The van der Waals surface area contributed by atoms with Gasteiger partial charge < -0.3 is 10.1 Å². The van der Waals surface area contributed by atoms with Crippen molar-refractivity contribution in [3.63, 3.8) is 0 Å². The summed E-state index contributed by atoms with van der Waals surface area (Å²) in [6.07, 6.45) is -4.84. The minimum absolute atomic E-state index is 0.00856. The molecule has 1 N–H and O–H groups in total. The van der Waals surface area contributed by atoms with Crippen LogP contribution in [0.25, 0.3) is 0 Å². The van der Waals surface area contributed by atoms with Crippen molar-refractivity contribution in [3.05, 3.63) is 56.9 Å². The minimum atomic E-state index is -4.84. The zero-order valence-corrected chi connectivity index (χ0v) is 17.5. The van der Waals surface area contributed by atoms with Crippen molar-refractivity contribution < 1.29 is 22.7 Å². The highest BCUT2D eigenvalue weighted by molar-refractivity contribution is 6.37. The van der Waals surface area contributed by atoms with E-state index in [9.17, 15) is 22.8 Å². The van der Waals surface area contributed by atoms with E-state index in [2.05, 4.69) is 16.8 Å². The van der Waals surface area contributed by atoms with E-state index < -0.39 is 23.6 Å². The second kappa shape index (κ2) is 8.23. The van der Waals surface area contributed by atoms with E-state index in [1.807, 2.05) is 5.32 Å². The molecule has 1 aliphatic rings. The fourth-order valence-electron chi connectivity index (χ4n) is 2.55. The van der Waals surface area contributed by atoms with Gasteiger partial charge in [0, 0.05) is 12.1 Å². The van der Waals surface area contributed by atoms with E-state index in [-0.39, 0.29) is 39.0 Å². The Morgan fingerprint density at radius 2 is 1.77 bits per heavy atom. The van der Waals surface area contributed by atoms with Crippen LogP contribution < -0.4 is 20.6 Å². The number of benzene rings is 1. The molecule has 0 saturated carbocycles. The van der Waals surface area contributed by atoms with Gasteiger partial charge >= 0.3 is 12.2 Å². The van der Waals surface area contributed by atoms with Crippen LogP contribution in [0.5, 0.6) is 11.6 Å². The van der Waals surface area contributed by atoms with Gasteiger partial charge in [-0.3, -0.25) is 4.79 Å². The van der Waals surface area contributed by atoms with Crippen LogP contribution in [-0.4, -0.2) is 27.7 Å². The number of urea groups is 1. The molecular weight excluding hydrogens is 462 g/mol. The van der Waals surface area contributed by atoms with E-state index >= 15 is 0 Å². The zero-order valence-electron chi connectivity index (χ0n) is 16.0. The number of hydrazone groups is 1. The number of carbonyl (C=O) groups excluding carboxylic acids is 1. The molecule has 0 aliphatic carbocycles. The molecule has 2 amide bonds. The van der Waals surface area contributed by atoms with Crippen LogP contribution in [0.3, 0.4) is 0 Å². The summed E-state index contributed by atoms with van der Waals surface area (Å²) in [5, 5.41) is 9.55. The fraction of sp³-hybridized carbons (Fsp3) is 0.222. The molecule has 1 aromatic carbocycles. The van der Waals surface area contributed by atoms with Gasteiger partial charge in [0.25, 0.3) is 5.56 Å². The first-order valence-corrected chi connectivity index (χ1v) is 9.37. The SMILES string of the molecule is C=C1NC(=O)N(c2cc(Cl)c(Oc3ccc(=O)n(C(C)C)n3)c(Cl)c2)N=C1C(F)(F)F. The Labute approximate surface area is 183 Å². The maximum Gasteiger partial charge on any atom is 0.437 e. The lowest BCUT2D eigenvalue weighted by Gasteiger charge is -2.27. The summed E-state index contributed by atoms with van der Waals surface area (Å²) < 4.78 is 46.1. The van der Waals surface area contributed by atoms with Gasteiger partial charge in [-0.15, -0.1) is 5.10 Å². The van der Waals surface area contributed by atoms with Crippen LogP contribution >= 0.6 is 23.2 Å². The third-order valence-electron chi connectivity index (χ3n) is 3.93. The molecule has 1 aromatic heterocycles. The van der Waals surface area contributed by atoms with E-state index in [4.69, 9.17) is 27.9 Å². The topological polar surface area (TPSA) is 88.8 Å². The summed E-state index contributed by atoms with van der Waals surface area (Å²) in [5.74, 6) is -0.0652. The van der Waals surface area contributed by atoms with Crippen LogP contribution in [0, 0.1) is 0 Å². The molecule has 0 saturated heterocycles. The van der Waals surface area contributed by atoms with Crippen LogP contribution in [0.1, 0.15) is 19.9 Å². The molecule has 0 spiro atoms. The average molecular weight is 476 g/mol. The predicted octanol–water partition coefficient (Wildman–Crippen LogP) is 4.88. The maximum atomic E-state index is 13.1. The third-order valence-corrected chi connectivity index (χ3v) is 4.49. The van der Waals surface area contributed by atoms with Crippen molar-refractivity contribution in [1.29, 1.82) is 0 Å². The van der Waals surface area contributed by atoms with Gasteiger partial charge in [0.05, 0.1) is 27.5 Å². The predicted molar refractivity (Wildman–Crippen MR) is 109 cm³/mol. The summed E-state index contributed by atoms with van der Waals surface area (Å²) in [5.41, 5.74) is -2.54. The quantitative estimate of drug-likeness (QED) is 0.681. The fourth-order valence-corrected chi connectivity index (χ4v) is 3.11. The number of rotatable bonds is 4. The lowest BCUT2D eigenvalue weighted by Crippen LogP contribution is -2.47. The second-order valence-corrected chi connectivity index (χ2v) is 7.37. The number of amides is 2. The summed E-state index contributed by atoms with van der Waals surface area (Å²) in [7, 11) is 0. The van der Waals surface area contributed by atoms with Gasteiger partial charge in [-0.25, -0.2) is 9.48 Å². The standard InChI is InChI=1S/C18H14Cl2F3N5O3/c1-8(2)27-14(29)5-4-13(25-27)31-15-11(19)6-10(7-12(15)20)28-17(30)24-9(3)16(26-28)18(21,22)23/h4-8H,3H2,1-2H3,(H,24,30).